The Bertz CT molecular complexity index is 518. The van der Waals surface area contributed by atoms with Crippen LogP contribution in [0.2, 0.25) is 0 Å². The van der Waals surface area contributed by atoms with Crippen molar-refractivity contribution in [3.63, 3.8) is 0 Å². The van der Waals surface area contributed by atoms with Crippen LogP contribution in [0.1, 0.15) is 17.0 Å². The van der Waals surface area contributed by atoms with Gasteiger partial charge < -0.3 is 15.0 Å². The zero-order chi connectivity index (χ0) is 16.1. The van der Waals surface area contributed by atoms with Gasteiger partial charge in [0, 0.05) is 51.3 Å². The Morgan fingerprint density at radius 1 is 1.43 bits per heavy atom. The molecule has 23 heavy (non-hydrogen) atoms. The highest BCUT2D eigenvalue weighted by Gasteiger charge is 2.24. The fraction of sp³-hybridized carbons (Fsp3) is 0.750. The first-order chi connectivity index (χ1) is 11.3. The standard InChI is InChI=1S/C16H27N5OS/c1-13-15(23-12-19-13)9-18-16(17-2)21-6-4-20(5-7-21)10-14-3-8-22-11-14/h12,14H,3-11H2,1-2H3,(H,17,18). The van der Waals surface area contributed by atoms with Crippen molar-refractivity contribution in [2.75, 3.05) is 53.0 Å². The van der Waals surface area contributed by atoms with Gasteiger partial charge in [0.1, 0.15) is 0 Å². The van der Waals surface area contributed by atoms with Gasteiger partial charge in [-0.05, 0) is 19.3 Å². The fourth-order valence-corrected chi connectivity index (χ4v) is 3.94. The van der Waals surface area contributed by atoms with Crippen molar-refractivity contribution in [3.05, 3.63) is 16.1 Å². The second-order valence-electron chi connectivity index (χ2n) is 6.28. The third kappa shape index (κ3) is 4.43. The van der Waals surface area contributed by atoms with E-state index in [4.69, 9.17) is 4.74 Å². The van der Waals surface area contributed by atoms with E-state index < -0.39 is 0 Å². The summed E-state index contributed by atoms with van der Waals surface area (Å²) in [6, 6.07) is 0. The lowest BCUT2D eigenvalue weighted by atomic mass is 10.1. The second kappa shape index (κ2) is 8.08. The van der Waals surface area contributed by atoms with Crippen molar-refractivity contribution in [1.29, 1.82) is 0 Å². The Morgan fingerprint density at radius 3 is 2.87 bits per heavy atom. The summed E-state index contributed by atoms with van der Waals surface area (Å²) in [4.78, 5) is 15.0. The van der Waals surface area contributed by atoms with Crippen LogP contribution in [0.25, 0.3) is 0 Å². The van der Waals surface area contributed by atoms with Crippen LogP contribution in [0.5, 0.6) is 0 Å². The molecule has 0 bridgehead atoms. The summed E-state index contributed by atoms with van der Waals surface area (Å²) in [5, 5.41) is 3.48. The van der Waals surface area contributed by atoms with Crippen LogP contribution >= 0.6 is 11.3 Å². The smallest absolute Gasteiger partial charge is 0.194 e. The molecule has 2 aliphatic rings. The van der Waals surface area contributed by atoms with E-state index in [1.807, 2.05) is 12.6 Å². The maximum atomic E-state index is 5.48. The number of hydrogen-bond acceptors (Lipinski definition) is 5. The molecule has 2 saturated heterocycles. The van der Waals surface area contributed by atoms with Crippen LogP contribution in [0.15, 0.2) is 10.5 Å². The molecular weight excluding hydrogens is 310 g/mol. The molecule has 0 saturated carbocycles. The molecule has 128 valence electrons. The molecule has 6 nitrogen and oxygen atoms in total. The maximum absolute atomic E-state index is 5.48. The number of nitrogens with zero attached hydrogens (tertiary/aromatic N) is 4. The van der Waals surface area contributed by atoms with Gasteiger partial charge in [0.05, 0.1) is 24.4 Å². The number of guanidine groups is 1. The Hall–Kier alpha value is -1.18. The summed E-state index contributed by atoms with van der Waals surface area (Å²) in [7, 11) is 1.87. The molecule has 1 unspecified atom stereocenters. The Balaban J connectivity index is 1.44. The van der Waals surface area contributed by atoms with Crippen LogP contribution in [-0.4, -0.2) is 73.7 Å². The lowest BCUT2D eigenvalue weighted by Gasteiger charge is -2.37. The average molecular weight is 337 g/mol. The number of rotatable bonds is 4. The highest BCUT2D eigenvalue weighted by molar-refractivity contribution is 7.09. The van der Waals surface area contributed by atoms with E-state index in [1.54, 1.807) is 11.3 Å². The number of thiazole rings is 1. The number of piperazine rings is 1. The summed E-state index contributed by atoms with van der Waals surface area (Å²) in [6.45, 7) is 10.2. The number of aliphatic imine (C=N–C) groups is 1. The zero-order valence-electron chi connectivity index (χ0n) is 14.1. The Kier molecular flexibility index (Phi) is 5.85. The number of hydrogen-bond donors (Lipinski definition) is 1. The van der Waals surface area contributed by atoms with Crippen molar-refractivity contribution < 1.29 is 4.74 Å². The van der Waals surface area contributed by atoms with E-state index in [0.29, 0.717) is 0 Å². The minimum atomic E-state index is 0.730. The van der Waals surface area contributed by atoms with Crippen molar-refractivity contribution in [2.24, 2.45) is 10.9 Å². The quantitative estimate of drug-likeness (QED) is 0.660. The first kappa shape index (κ1) is 16.7. The molecule has 2 fully saturated rings. The third-order valence-corrected chi connectivity index (χ3v) is 5.61. The second-order valence-corrected chi connectivity index (χ2v) is 7.22. The highest BCUT2D eigenvalue weighted by atomic mass is 32.1. The lowest BCUT2D eigenvalue weighted by Crippen LogP contribution is -2.53. The molecule has 1 N–H and O–H groups in total. The summed E-state index contributed by atoms with van der Waals surface area (Å²) in [5.41, 5.74) is 3.02. The van der Waals surface area contributed by atoms with E-state index in [-0.39, 0.29) is 0 Å². The Labute approximate surface area is 142 Å². The van der Waals surface area contributed by atoms with Gasteiger partial charge in [-0.3, -0.25) is 9.89 Å². The first-order valence-electron chi connectivity index (χ1n) is 8.41. The van der Waals surface area contributed by atoms with Crippen LogP contribution < -0.4 is 5.32 Å². The Morgan fingerprint density at radius 2 is 2.26 bits per heavy atom. The predicted molar refractivity (Wildman–Crippen MR) is 94.0 cm³/mol. The molecule has 0 amide bonds. The van der Waals surface area contributed by atoms with Crippen LogP contribution in [-0.2, 0) is 11.3 Å². The minimum Gasteiger partial charge on any atom is -0.381 e. The summed E-state index contributed by atoms with van der Waals surface area (Å²) in [6.07, 6.45) is 1.22. The molecule has 0 aliphatic carbocycles. The van der Waals surface area contributed by atoms with Gasteiger partial charge in [-0.15, -0.1) is 11.3 Å². The fourth-order valence-electron chi connectivity index (χ4n) is 3.22. The molecular formula is C16H27N5OS. The monoisotopic (exact) mass is 337 g/mol. The maximum Gasteiger partial charge on any atom is 0.194 e. The molecule has 1 aromatic rings. The summed E-state index contributed by atoms with van der Waals surface area (Å²) >= 11 is 1.70. The van der Waals surface area contributed by atoms with E-state index in [0.717, 1.165) is 63.5 Å². The zero-order valence-corrected chi connectivity index (χ0v) is 14.9. The van der Waals surface area contributed by atoms with Crippen molar-refractivity contribution in [1.82, 2.24) is 20.1 Å². The molecule has 2 aliphatic heterocycles. The molecule has 0 spiro atoms. The van der Waals surface area contributed by atoms with E-state index in [9.17, 15) is 0 Å². The molecule has 0 aromatic carbocycles. The van der Waals surface area contributed by atoms with Crippen molar-refractivity contribution >= 4 is 17.3 Å². The first-order valence-corrected chi connectivity index (χ1v) is 9.29. The van der Waals surface area contributed by atoms with Gasteiger partial charge in [-0.2, -0.15) is 0 Å². The van der Waals surface area contributed by atoms with Gasteiger partial charge in [0.25, 0.3) is 0 Å². The molecule has 1 aromatic heterocycles. The van der Waals surface area contributed by atoms with Gasteiger partial charge >= 0.3 is 0 Å². The lowest BCUT2D eigenvalue weighted by molar-refractivity contribution is 0.139. The van der Waals surface area contributed by atoms with Gasteiger partial charge in [-0.25, -0.2) is 4.98 Å². The van der Waals surface area contributed by atoms with E-state index in [2.05, 4.69) is 32.0 Å². The summed E-state index contributed by atoms with van der Waals surface area (Å²) < 4.78 is 5.48. The highest BCUT2D eigenvalue weighted by Crippen LogP contribution is 2.15. The predicted octanol–water partition coefficient (Wildman–Crippen LogP) is 1.18. The third-order valence-electron chi connectivity index (χ3n) is 4.68. The molecule has 0 radical (unpaired) electrons. The number of ether oxygens (including phenoxy) is 1. The average Bonchev–Trinajstić information content (AvgIpc) is 3.21. The van der Waals surface area contributed by atoms with Gasteiger partial charge in [-0.1, -0.05) is 0 Å². The SMILES string of the molecule is CN=C(NCc1scnc1C)N1CCN(CC2CCOC2)CC1. The van der Waals surface area contributed by atoms with Crippen molar-refractivity contribution in [3.8, 4) is 0 Å². The topological polar surface area (TPSA) is 53.0 Å². The van der Waals surface area contributed by atoms with Crippen LogP contribution in [0.3, 0.4) is 0 Å². The van der Waals surface area contributed by atoms with Crippen molar-refractivity contribution in [2.45, 2.75) is 19.9 Å². The molecule has 1 atom stereocenters. The summed E-state index contributed by atoms with van der Waals surface area (Å²) in [5.74, 6) is 1.73. The molecule has 3 rings (SSSR count). The largest absolute Gasteiger partial charge is 0.381 e. The number of aromatic nitrogens is 1. The molecule has 3 heterocycles. The normalized spacial score (nSPS) is 23.5. The van der Waals surface area contributed by atoms with E-state index in [1.165, 1.54) is 17.8 Å². The molecule has 7 heteroatoms. The number of aryl methyl sites for hydroxylation is 1. The minimum absolute atomic E-state index is 0.730. The van der Waals surface area contributed by atoms with Crippen LogP contribution in [0, 0.1) is 12.8 Å². The van der Waals surface area contributed by atoms with E-state index >= 15 is 0 Å². The van der Waals surface area contributed by atoms with Gasteiger partial charge in [0.15, 0.2) is 5.96 Å². The van der Waals surface area contributed by atoms with Gasteiger partial charge in [0.2, 0.25) is 0 Å². The van der Waals surface area contributed by atoms with Crippen LogP contribution in [0.4, 0.5) is 0 Å². The number of nitrogens with one attached hydrogen (secondary N) is 1.